The van der Waals surface area contributed by atoms with Gasteiger partial charge in [0.05, 0.1) is 5.69 Å². The Labute approximate surface area is 173 Å². The van der Waals surface area contributed by atoms with Crippen molar-refractivity contribution in [2.45, 2.75) is 45.2 Å². The predicted octanol–water partition coefficient (Wildman–Crippen LogP) is 1.10. The summed E-state index contributed by atoms with van der Waals surface area (Å²) in [5, 5.41) is 4.76. The summed E-state index contributed by atoms with van der Waals surface area (Å²) in [4.78, 5) is 46.2. The van der Waals surface area contributed by atoms with Crippen LogP contribution >= 0.6 is 11.3 Å². The quantitative estimate of drug-likeness (QED) is 0.787. The normalized spacial score (nSPS) is 19.6. The smallest absolute Gasteiger partial charge is 0.258 e. The molecule has 29 heavy (non-hydrogen) atoms. The molecule has 0 spiro atoms. The number of piperazine rings is 1. The second-order valence-corrected chi connectivity index (χ2v) is 8.84. The molecule has 1 aliphatic carbocycles. The van der Waals surface area contributed by atoms with Crippen LogP contribution in [-0.2, 0) is 16.1 Å². The molecule has 3 heterocycles. The maximum absolute atomic E-state index is 13.1. The number of fused-ring (bicyclic) bond motifs is 1. The lowest BCUT2D eigenvalue weighted by molar-refractivity contribution is -0.139. The summed E-state index contributed by atoms with van der Waals surface area (Å²) in [5.41, 5.74) is 0.703. The van der Waals surface area contributed by atoms with E-state index in [1.807, 2.05) is 10.3 Å². The van der Waals surface area contributed by atoms with E-state index in [1.165, 1.54) is 18.3 Å². The zero-order valence-corrected chi connectivity index (χ0v) is 17.5. The van der Waals surface area contributed by atoms with Crippen LogP contribution in [0.25, 0.3) is 4.96 Å². The van der Waals surface area contributed by atoms with Crippen LogP contribution in [0.4, 0.5) is 0 Å². The Morgan fingerprint density at radius 3 is 2.66 bits per heavy atom. The molecule has 2 aromatic heterocycles. The molecule has 2 amide bonds. The first-order valence-corrected chi connectivity index (χ1v) is 11.1. The summed E-state index contributed by atoms with van der Waals surface area (Å²) in [7, 11) is 0. The summed E-state index contributed by atoms with van der Waals surface area (Å²) in [6.07, 6.45) is 6.00. The number of hydrogen-bond acceptors (Lipinski definition) is 6. The van der Waals surface area contributed by atoms with Crippen LogP contribution in [-0.4, -0.2) is 63.2 Å². The van der Waals surface area contributed by atoms with E-state index in [9.17, 15) is 14.4 Å². The molecular weight excluding hydrogens is 390 g/mol. The fourth-order valence-electron chi connectivity index (χ4n) is 4.41. The molecule has 1 atom stereocenters. The minimum absolute atomic E-state index is 0.0446. The lowest BCUT2D eigenvalue weighted by Crippen LogP contribution is -2.56. The molecule has 9 heteroatoms. The number of thiazole rings is 1. The van der Waals surface area contributed by atoms with E-state index < -0.39 is 6.04 Å². The highest BCUT2D eigenvalue weighted by Crippen LogP contribution is 2.29. The SMILES string of the molecule is CC(=O)NC(C(=O)N1CCN(Cc2cc(=O)n3ccsc3n2)CC1)C1CCCC1. The van der Waals surface area contributed by atoms with E-state index in [1.54, 1.807) is 16.7 Å². The monoisotopic (exact) mass is 417 g/mol. The van der Waals surface area contributed by atoms with E-state index in [2.05, 4.69) is 15.2 Å². The van der Waals surface area contributed by atoms with Crippen LogP contribution < -0.4 is 10.9 Å². The second-order valence-electron chi connectivity index (χ2n) is 7.97. The number of aromatic nitrogens is 2. The Balaban J connectivity index is 1.36. The van der Waals surface area contributed by atoms with Crippen molar-refractivity contribution in [2.75, 3.05) is 26.2 Å². The molecule has 0 bridgehead atoms. The molecule has 8 nitrogen and oxygen atoms in total. The molecule has 2 aromatic rings. The summed E-state index contributed by atoms with van der Waals surface area (Å²) in [6.45, 7) is 4.80. The zero-order valence-electron chi connectivity index (χ0n) is 16.7. The molecule has 1 unspecified atom stereocenters. The molecule has 4 rings (SSSR count). The van der Waals surface area contributed by atoms with Crippen LogP contribution in [0.15, 0.2) is 22.4 Å². The Hall–Kier alpha value is -2.26. The minimum atomic E-state index is -0.399. The van der Waals surface area contributed by atoms with Crippen LogP contribution in [0.5, 0.6) is 0 Å². The van der Waals surface area contributed by atoms with Crippen molar-refractivity contribution in [3.05, 3.63) is 33.7 Å². The Kier molecular flexibility index (Phi) is 5.96. The van der Waals surface area contributed by atoms with E-state index in [0.717, 1.165) is 44.5 Å². The number of rotatable bonds is 5. The van der Waals surface area contributed by atoms with Gasteiger partial charge in [-0.25, -0.2) is 4.98 Å². The topological polar surface area (TPSA) is 87.0 Å². The molecule has 0 aromatic carbocycles. The molecule has 1 saturated carbocycles. The van der Waals surface area contributed by atoms with Gasteiger partial charge in [-0.1, -0.05) is 12.8 Å². The number of hydrogen-bond donors (Lipinski definition) is 1. The van der Waals surface area contributed by atoms with Crippen molar-refractivity contribution in [3.8, 4) is 0 Å². The van der Waals surface area contributed by atoms with Gasteiger partial charge in [0.15, 0.2) is 4.96 Å². The van der Waals surface area contributed by atoms with Gasteiger partial charge in [-0.3, -0.25) is 23.7 Å². The lowest BCUT2D eigenvalue weighted by atomic mass is 9.96. The number of nitrogens with zero attached hydrogens (tertiary/aromatic N) is 4. The van der Waals surface area contributed by atoms with Crippen molar-refractivity contribution in [1.29, 1.82) is 0 Å². The summed E-state index contributed by atoms with van der Waals surface area (Å²) >= 11 is 1.45. The van der Waals surface area contributed by atoms with Crippen LogP contribution in [0.2, 0.25) is 0 Å². The van der Waals surface area contributed by atoms with Crippen molar-refractivity contribution in [2.24, 2.45) is 5.92 Å². The first-order valence-electron chi connectivity index (χ1n) is 10.3. The van der Waals surface area contributed by atoms with Gasteiger partial charge in [0, 0.05) is 57.3 Å². The van der Waals surface area contributed by atoms with E-state index in [4.69, 9.17) is 0 Å². The van der Waals surface area contributed by atoms with Gasteiger partial charge in [-0.2, -0.15) is 0 Å². The van der Waals surface area contributed by atoms with Crippen molar-refractivity contribution in [1.82, 2.24) is 24.5 Å². The maximum Gasteiger partial charge on any atom is 0.258 e. The van der Waals surface area contributed by atoms with Gasteiger partial charge in [-0.15, -0.1) is 11.3 Å². The zero-order chi connectivity index (χ0) is 20.4. The average molecular weight is 418 g/mol. The Morgan fingerprint density at radius 2 is 1.97 bits per heavy atom. The van der Waals surface area contributed by atoms with Crippen LogP contribution in [0.3, 0.4) is 0 Å². The number of carbonyl (C=O) groups excluding carboxylic acids is 2. The third-order valence-corrected chi connectivity index (χ3v) is 6.68. The highest BCUT2D eigenvalue weighted by Gasteiger charge is 2.35. The Bertz CT molecular complexity index is 941. The Morgan fingerprint density at radius 1 is 1.24 bits per heavy atom. The molecule has 156 valence electrons. The van der Waals surface area contributed by atoms with E-state index in [0.29, 0.717) is 24.6 Å². The molecule has 1 N–H and O–H groups in total. The summed E-state index contributed by atoms with van der Waals surface area (Å²) < 4.78 is 1.55. The predicted molar refractivity (Wildman–Crippen MR) is 111 cm³/mol. The highest BCUT2D eigenvalue weighted by molar-refractivity contribution is 7.15. The number of amides is 2. The second kappa shape index (κ2) is 8.62. The molecular formula is C20H27N5O3S. The molecule has 1 saturated heterocycles. The van der Waals surface area contributed by atoms with Gasteiger partial charge in [0.25, 0.3) is 5.56 Å². The van der Waals surface area contributed by atoms with Crippen molar-refractivity contribution >= 4 is 28.1 Å². The summed E-state index contributed by atoms with van der Waals surface area (Å²) in [5.74, 6) is 0.150. The van der Waals surface area contributed by atoms with E-state index in [-0.39, 0.29) is 23.3 Å². The van der Waals surface area contributed by atoms with Gasteiger partial charge in [0.2, 0.25) is 11.8 Å². The number of carbonyl (C=O) groups is 2. The average Bonchev–Trinajstić information content (AvgIpc) is 3.38. The number of nitrogens with one attached hydrogen (secondary N) is 1. The lowest BCUT2D eigenvalue weighted by Gasteiger charge is -2.37. The fraction of sp³-hybridized carbons (Fsp3) is 0.600. The third kappa shape index (κ3) is 4.51. The standard InChI is InChI=1S/C20H27N5O3S/c1-14(26)21-18(15-4-2-3-5-15)19(28)24-8-6-23(7-9-24)13-16-12-17(27)25-10-11-29-20(25)22-16/h10-12,15,18H,2-9,13H2,1H3,(H,21,26). The van der Waals surface area contributed by atoms with Crippen LogP contribution in [0.1, 0.15) is 38.3 Å². The molecule has 0 radical (unpaired) electrons. The van der Waals surface area contributed by atoms with Gasteiger partial charge >= 0.3 is 0 Å². The fourth-order valence-corrected chi connectivity index (χ4v) is 5.15. The van der Waals surface area contributed by atoms with Gasteiger partial charge < -0.3 is 10.2 Å². The first-order chi connectivity index (χ1) is 14.0. The van der Waals surface area contributed by atoms with Crippen molar-refractivity contribution in [3.63, 3.8) is 0 Å². The molecule has 2 fully saturated rings. The van der Waals surface area contributed by atoms with E-state index >= 15 is 0 Å². The molecule has 1 aliphatic heterocycles. The third-order valence-electron chi connectivity index (χ3n) is 5.92. The summed E-state index contributed by atoms with van der Waals surface area (Å²) in [6, 6.07) is 1.19. The van der Waals surface area contributed by atoms with Crippen molar-refractivity contribution < 1.29 is 9.59 Å². The van der Waals surface area contributed by atoms with Gasteiger partial charge in [-0.05, 0) is 18.8 Å². The molecule has 2 aliphatic rings. The maximum atomic E-state index is 13.1. The van der Waals surface area contributed by atoms with Gasteiger partial charge in [0.1, 0.15) is 6.04 Å². The highest BCUT2D eigenvalue weighted by atomic mass is 32.1. The minimum Gasteiger partial charge on any atom is -0.344 e. The van der Waals surface area contributed by atoms with Crippen LogP contribution in [0, 0.1) is 5.92 Å². The largest absolute Gasteiger partial charge is 0.344 e. The first kappa shape index (κ1) is 20.0.